The van der Waals surface area contributed by atoms with Gasteiger partial charge >= 0.3 is 0 Å². The molecule has 0 unspecified atom stereocenters. The first kappa shape index (κ1) is 23.3. The molecule has 3 heterocycles. The Kier molecular flexibility index (Phi) is 6.76. The maximum absolute atomic E-state index is 6.17. The van der Waals surface area contributed by atoms with Crippen LogP contribution in [-0.4, -0.2) is 25.1 Å². The van der Waals surface area contributed by atoms with Crippen molar-refractivity contribution in [2.75, 3.05) is 5.84 Å². The van der Waals surface area contributed by atoms with Crippen LogP contribution in [0.25, 0.3) is 10.8 Å². The standard InChI is InChI=1S/C23H28N6O2S2/c1-6-17-14(2)11-18(33-17)21-27-26-20(31-21)13-32-22-28-25-19(29(22)24)12-30-16-9-7-15(8-10-16)23(3,4)5/h7-11H,6,12-13,24H2,1-5H3. The molecule has 0 bridgehead atoms. The van der Waals surface area contributed by atoms with Crippen molar-refractivity contribution in [3.63, 3.8) is 0 Å². The van der Waals surface area contributed by atoms with Crippen LogP contribution >= 0.6 is 23.1 Å². The Hall–Kier alpha value is -2.85. The van der Waals surface area contributed by atoms with Crippen LogP contribution in [0.15, 0.2) is 39.9 Å². The molecule has 3 aromatic heterocycles. The molecular weight excluding hydrogens is 456 g/mol. The van der Waals surface area contributed by atoms with E-state index in [2.05, 4.69) is 73.2 Å². The maximum atomic E-state index is 6.17. The summed E-state index contributed by atoms with van der Waals surface area (Å²) in [6.07, 6.45) is 0.994. The molecule has 0 saturated heterocycles. The fourth-order valence-electron chi connectivity index (χ4n) is 3.22. The fraction of sp³-hybridized carbons (Fsp3) is 0.391. The van der Waals surface area contributed by atoms with E-state index in [9.17, 15) is 0 Å². The molecule has 0 radical (unpaired) electrons. The zero-order chi connectivity index (χ0) is 23.6. The average molecular weight is 485 g/mol. The normalized spacial score (nSPS) is 11.8. The molecule has 174 valence electrons. The highest BCUT2D eigenvalue weighted by molar-refractivity contribution is 7.98. The molecular formula is C23H28N6O2S2. The second-order valence-electron chi connectivity index (χ2n) is 8.69. The molecule has 4 rings (SSSR count). The first-order valence-electron chi connectivity index (χ1n) is 10.7. The van der Waals surface area contributed by atoms with Gasteiger partial charge in [0.25, 0.3) is 5.89 Å². The molecule has 4 aromatic rings. The number of nitrogen functional groups attached to an aromatic ring is 1. The number of hydrogen-bond donors (Lipinski definition) is 1. The van der Waals surface area contributed by atoms with Gasteiger partial charge in [0.2, 0.25) is 11.0 Å². The van der Waals surface area contributed by atoms with Crippen molar-refractivity contribution in [2.24, 2.45) is 0 Å². The molecule has 0 amide bonds. The molecule has 0 saturated carbocycles. The predicted molar refractivity (Wildman–Crippen MR) is 131 cm³/mol. The Labute approximate surface area is 201 Å². The number of thiophene rings is 1. The zero-order valence-corrected chi connectivity index (χ0v) is 21.1. The summed E-state index contributed by atoms with van der Waals surface area (Å²) in [5.74, 6) is 8.96. The quantitative estimate of drug-likeness (QED) is 0.271. The molecule has 2 N–H and O–H groups in total. The molecule has 8 nitrogen and oxygen atoms in total. The van der Waals surface area contributed by atoms with Crippen LogP contribution in [0.3, 0.4) is 0 Å². The van der Waals surface area contributed by atoms with Gasteiger partial charge in [-0.2, -0.15) is 0 Å². The van der Waals surface area contributed by atoms with Gasteiger partial charge in [0, 0.05) is 4.88 Å². The number of rotatable bonds is 8. The third-order valence-electron chi connectivity index (χ3n) is 5.17. The minimum absolute atomic E-state index is 0.0996. The molecule has 0 fully saturated rings. The van der Waals surface area contributed by atoms with Crippen LogP contribution < -0.4 is 10.6 Å². The number of aromatic nitrogens is 5. The van der Waals surface area contributed by atoms with E-state index in [-0.39, 0.29) is 12.0 Å². The summed E-state index contributed by atoms with van der Waals surface area (Å²) >= 11 is 3.07. The summed E-state index contributed by atoms with van der Waals surface area (Å²) in [7, 11) is 0. The second-order valence-corrected chi connectivity index (χ2v) is 10.8. The zero-order valence-electron chi connectivity index (χ0n) is 19.5. The lowest BCUT2D eigenvalue weighted by atomic mass is 9.87. The van der Waals surface area contributed by atoms with Gasteiger partial charge in [-0.1, -0.05) is 51.6 Å². The Bertz CT molecular complexity index is 1220. The summed E-state index contributed by atoms with van der Waals surface area (Å²) < 4.78 is 13.1. The van der Waals surface area contributed by atoms with Crippen molar-refractivity contribution in [2.45, 2.75) is 64.0 Å². The van der Waals surface area contributed by atoms with Crippen molar-refractivity contribution < 1.29 is 9.15 Å². The lowest BCUT2D eigenvalue weighted by molar-refractivity contribution is 0.291. The Morgan fingerprint density at radius 2 is 1.88 bits per heavy atom. The van der Waals surface area contributed by atoms with Gasteiger partial charge in [-0.15, -0.1) is 31.7 Å². The van der Waals surface area contributed by atoms with Crippen LogP contribution in [-0.2, 0) is 24.2 Å². The SMILES string of the molecule is CCc1sc(-c2nnc(CSc3nnc(COc4ccc(C(C)(C)C)cc4)n3N)o2)cc1C. The van der Waals surface area contributed by atoms with Crippen molar-refractivity contribution >= 4 is 23.1 Å². The molecule has 1 aromatic carbocycles. The average Bonchev–Trinajstić information content (AvgIpc) is 3.49. The van der Waals surface area contributed by atoms with Crippen LogP contribution in [0.5, 0.6) is 5.75 Å². The molecule has 0 aliphatic carbocycles. The van der Waals surface area contributed by atoms with Crippen LogP contribution in [0.4, 0.5) is 0 Å². The highest BCUT2D eigenvalue weighted by Crippen LogP contribution is 2.31. The minimum atomic E-state index is 0.0996. The molecule has 10 heteroatoms. The first-order valence-corrected chi connectivity index (χ1v) is 12.5. The number of benzene rings is 1. The third kappa shape index (κ3) is 5.39. The Morgan fingerprint density at radius 1 is 1.12 bits per heavy atom. The molecule has 0 aliphatic heterocycles. The summed E-state index contributed by atoms with van der Waals surface area (Å²) in [5, 5.41) is 17.2. The molecule has 0 aliphatic rings. The highest BCUT2D eigenvalue weighted by Gasteiger charge is 2.17. The molecule has 0 spiro atoms. The van der Waals surface area contributed by atoms with Crippen molar-refractivity contribution in [1.82, 2.24) is 25.1 Å². The van der Waals surface area contributed by atoms with Gasteiger partial charge in [0.1, 0.15) is 12.4 Å². The van der Waals surface area contributed by atoms with Gasteiger partial charge in [-0.05, 0) is 48.1 Å². The van der Waals surface area contributed by atoms with Gasteiger partial charge in [-0.25, -0.2) is 4.68 Å². The topological polar surface area (TPSA) is 105 Å². The van der Waals surface area contributed by atoms with E-state index in [0.29, 0.717) is 28.5 Å². The van der Waals surface area contributed by atoms with Gasteiger partial charge in [0.15, 0.2) is 5.82 Å². The fourth-order valence-corrected chi connectivity index (χ4v) is 4.96. The number of aryl methyl sites for hydroxylation is 2. The lowest BCUT2D eigenvalue weighted by Gasteiger charge is -2.19. The van der Waals surface area contributed by atoms with Crippen molar-refractivity contribution in [3.05, 3.63) is 58.1 Å². The van der Waals surface area contributed by atoms with Gasteiger partial charge in [-0.3, -0.25) is 0 Å². The van der Waals surface area contributed by atoms with E-state index < -0.39 is 0 Å². The van der Waals surface area contributed by atoms with Crippen LogP contribution in [0, 0.1) is 6.92 Å². The summed E-state index contributed by atoms with van der Waals surface area (Å²) in [6.45, 7) is 11.0. The maximum Gasteiger partial charge on any atom is 0.257 e. The number of hydrogen-bond acceptors (Lipinski definition) is 9. The summed E-state index contributed by atoms with van der Waals surface area (Å²) in [4.78, 5) is 2.32. The first-order chi connectivity index (χ1) is 15.7. The predicted octanol–water partition coefficient (Wildman–Crippen LogP) is 5.14. The number of nitrogens with zero attached hydrogens (tertiary/aromatic N) is 5. The van der Waals surface area contributed by atoms with Crippen LogP contribution in [0.1, 0.15) is 55.4 Å². The number of thioether (sulfide) groups is 1. The third-order valence-corrected chi connectivity index (χ3v) is 7.46. The summed E-state index contributed by atoms with van der Waals surface area (Å²) in [6, 6.07) is 10.2. The van der Waals surface area contributed by atoms with Crippen molar-refractivity contribution in [3.8, 4) is 16.5 Å². The summed E-state index contributed by atoms with van der Waals surface area (Å²) in [5.41, 5.74) is 2.60. The van der Waals surface area contributed by atoms with E-state index in [1.807, 2.05) is 12.1 Å². The second kappa shape index (κ2) is 9.56. The largest absolute Gasteiger partial charge is 0.486 e. The molecule has 0 atom stereocenters. The van der Waals surface area contributed by atoms with E-state index in [1.165, 1.54) is 32.4 Å². The van der Waals surface area contributed by atoms with Gasteiger partial charge < -0.3 is 15.0 Å². The lowest BCUT2D eigenvalue weighted by Crippen LogP contribution is -2.16. The monoisotopic (exact) mass is 484 g/mol. The van der Waals surface area contributed by atoms with Gasteiger partial charge in [0.05, 0.1) is 10.6 Å². The van der Waals surface area contributed by atoms with Crippen molar-refractivity contribution in [1.29, 1.82) is 0 Å². The van der Waals surface area contributed by atoms with Crippen LogP contribution in [0.2, 0.25) is 0 Å². The number of nitrogens with two attached hydrogens (primary N) is 1. The van der Waals surface area contributed by atoms with E-state index in [4.69, 9.17) is 15.0 Å². The molecule has 33 heavy (non-hydrogen) atoms. The van der Waals surface area contributed by atoms with E-state index in [1.54, 1.807) is 11.3 Å². The number of ether oxygens (including phenoxy) is 1. The highest BCUT2D eigenvalue weighted by atomic mass is 32.2. The smallest absolute Gasteiger partial charge is 0.257 e. The van der Waals surface area contributed by atoms with E-state index >= 15 is 0 Å². The Balaban J connectivity index is 1.34. The Morgan fingerprint density at radius 3 is 2.55 bits per heavy atom. The van der Waals surface area contributed by atoms with E-state index in [0.717, 1.165) is 17.0 Å². The minimum Gasteiger partial charge on any atom is -0.486 e.